The first-order chi connectivity index (χ1) is 7.16. The predicted molar refractivity (Wildman–Crippen MR) is 62.6 cm³/mol. The molecule has 15 heavy (non-hydrogen) atoms. The third-order valence-electron chi connectivity index (χ3n) is 3.69. The van der Waals surface area contributed by atoms with Crippen LogP contribution in [0.4, 0.5) is 0 Å². The van der Waals surface area contributed by atoms with Crippen LogP contribution in [0.15, 0.2) is 12.7 Å². The molecule has 0 aromatic heterocycles. The Morgan fingerprint density at radius 3 is 2.40 bits per heavy atom. The van der Waals surface area contributed by atoms with Crippen molar-refractivity contribution in [3.63, 3.8) is 0 Å². The van der Waals surface area contributed by atoms with Crippen molar-refractivity contribution < 1.29 is 10.2 Å². The lowest BCUT2D eigenvalue weighted by Crippen LogP contribution is -2.35. The summed E-state index contributed by atoms with van der Waals surface area (Å²) in [5.41, 5.74) is 0. The highest BCUT2D eigenvalue weighted by Gasteiger charge is 2.29. The maximum atomic E-state index is 10.1. The molecule has 1 rings (SSSR count). The van der Waals surface area contributed by atoms with Gasteiger partial charge in [-0.2, -0.15) is 0 Å². The third kappa shape index (κ3) is 3.62. The zero-order chi connectivity index (χ0) is 11.3. The molecule has 3 atom stereocenters. The highest BCUT2D eigenvalue weighted by Crippen LogP contribution is 2.30. The molecular weight excluding hydrogens is 188 g/mol. The Morgan fingerprint density at radius 2 is 1.87 bits per heavy atom. The van der Waals surface area contributed by atoms with E-state index in [1.54, 1.807) is 6.08 Å². The van der Waals surface area contributed by atoms with Crippen LogP contribution in [0.3, 0.4) is 0 Å². The summed E-state index contributed by atoms with van der Waals surface area (Å²) < 4.78 is 0. The summed E-state index contributed by atoms with van der Waals surface area (Å²) in [4.78, 5) is 0. The fourth-order valence-corrected chi connectivity index (χ4v) is 2.52. The van der Waals surface area contributed by atoms with Crippen molar-refractivity contribution >= 4 is 0 Å². The Bertz CT molecular complexity index is 185. The molecule has 0 saturated heterocycles. The van der Waals surface area contributed by atoms with E-state index >= 15 is 0 Å². The minimum Gasteiger partial charge on any atom is -0.392 e. The molecule has 1 saturated carbocycles. The number of aliphatic hydroxyl groups excluding tert-OH is 2. The first-order valence-electron chi connectivity index (χ1n) is 6.13. The van der Waals surface area contributed by atoms with Gasteiger partial charge in [0.15, 0.2) is 0 Å². The van der Waals surface area contributed by atoms with Crippen molar-refractivity contribution in [2.45, 2.75) is 57.7 Å². The van der Waals surface area contributed by atoms with Crippen molar-refractivity contribution in [2.75, 3.05) is 0 Å². The molecule has 88 valence electrons. The van der Waals surface area contributed by atoms with Gasteiger partial charge >= 0.3 is 0 Å². The summed E-state index contributed by atoms with van der Waals surface area (Å²) in [5, 5.41) is 19.9. The molecule has 0 spiro atoms. The largest absolute Gasteiger partial charge is 0.392 e. The van der Waals surface area contributed by atoms with Gasteiger partial charge in [0, 0.05) is 5.92 Å². The van der Waals surface area contributed by atoms with Gasteiger partial charge in [0.1, 0.15) is 0 Å². The van der Waals surface area contributed by atoms with Gasteiger partial charge < -0.3 is 10.2 Å². The normalized spacial score (nSPS) is 24.5. The Hall–Kier alpha value is -0.340. The van der Waals surface area contributed by atoms with Crippen LogP contribution in [0.25, 0.3) is 0 Å². The van der Waals surface area contributed by atoms with Gasteiger partial charge in [0.25, 0.3) is 0 Å². The second-order valence-electron chi connectivity index (χ2n) is 4.84. The van der Waals surface area contributed by atoms with Crippen molar-refractivity contribution in [1.82, 2.24) is 0 Å². The van der Waals surface area contributed by atoms with Gasteiger partial charge in [-0.25, -0.2) is 0 Å². The van der Waals surface area contributed by atoms with E-state index in [0.29, 0.717) is 12.3 Å². The lowest BCUT2D eigenvalue weighted by atomic mass is 9.79. The summed E-state index contributed by atoms with van der Waals surface area (Å²) in [6.45, 7) is 5.55. The highest BCUT2D eigenvalue weighted by molar-refractivity contribution is 4.84. The van der Waals surface area contributed by atoms with Crippen LogP contribution in [0.5, 0.6) is 0 Å². The molecular formula is C13H24O2. The van der Waals surface area contributed by atoms with Crippen LogP contribution in [-0.4, -0.2) is 22.4 Å². The highest BCUT2D eigenvalue weighted by atomic mass is 16.3. The van der Waals surface area contributed by atoms with E-state index in [1.165, 1.54) is 19.3 Å². The lowest BCUT2D eigenvalue weighted by Gasteiger charge is -2.32. The number of aliphatic hydroxyl groups is 2. The fraction of sp³-hybridized carbons (Fsp3) is 0.846. The molecule has 0 radical (unpaired) electrons. The van der Waals surface area contributed by atoms with Crippen molar-refractivity contribution in [3.05, 3.63) is 12.7 Å². The third-order valence-corrected chi connectivity index (χ3v) is 3.69. The van der Waals surface area contributed by atoms with Gasteiger partial charge in [-0.05, 0) is 25.2 Å². The molecule has 1 aliphatic carbocycles. The first kappa shape index (κ1) is 12.7. The van der Waals surface area contributed by atoms with Crippen LogP contribution in [0.1, 0.15) is 45.4 Å². The Labute approximate surface area is 93.0 Å². The second-order valence-corrected chi connectivity index (χ2v) is 4.84. The topological polar surface area (TPSA) is 40.5 Å². The molecule has 0 aliphatic heterocycles. The van der Waals surface area contributed by atoms with E-state index in [4.69, 9.17) is 0 Å². The van der Waals surface area contributed by atoms with E-state index in [0.717, 1.165) is 12.8 Å². The van der Waals surface area contributed by atoms with Crippen molar-refractivity contribution in [1.29, 1.82) is 0 Å². The summed E-state index contributed by atoms with van der Waals surface area (Å²) >= 11 is 0. The quantitative estimate of drug-likeness (QED) is 0.687. The molecule has 0 heterocycles. The SMILES string of the molecule is C=CC[C@H](O)[C@H](C)C(O)C1CCCCC1. The van der Waals surface area contributed by atoms with E-state index in [9.17, 15) is 10.2 Å². The molecule has 2 N–H and O–H groups in total. The number of rotatable bonds is 5. The maximum absolute atomic E-state index is 10.1. The summed E-state index contributed by atoms with van der Waals surface area (Å²) in [6.07, 6.45) is 7.49. The fourth-order valence-electron chi connectivity index (χ4n) is 2.52. The van der Waals surface area contributed by atoms with Crippen LogP contribution in [0, 0.1) is 11.8 Å². The minimum atomic E-state index is -0.445. The molecule has 0 bridgehead atoms. The Morgan fingerprint density at radius 1 is 1.27 bits per heavy atom. The smallest absolute Gasteiger partial charge is 0.0624 e. The van der Waals surface area contributed by atoms with Crippen molar-refractivity contribution in [3.8, 4) is 0 Å². The van der Waals surface area contributed by atoms with Gasteiger partial charge in [0.05, 0.1) is 12.2 Å². The molecule has 1 fully saturated rings. The van der Waals surface area contributed by atoms with Gasteiger partial charge in [-0.3, -0.25) is 0 Å². The van der Waals surface area contributed by atoms with E-state index in [2.05, 4.69) is 6.58 Å². The van der Waals surface area contributed by atoms with Crippen LogP contribution >= 0.6 is 0 Å². The minimum absolute atomic E-state index is 0.0360. The Balaban J connectivity index is 2.42. The lowest BCUT2D eigenvalue weighted by molar-refractivity contribution is -0.0182. The molecule has 2 heteroatoms. The van der Waals surface area contributed by atoms with Crippen molar-refractivity contribution in [2.24, 2.45) is 11.8 Å². The molecule has 0 amide bonds. The monoisotopic (exact) mass is 212 g/mol. The first-order valence-corrected chi connectivity index (χ1v) is 6.13. The van der Waals surface area contributed by atoms with Crippen LogP contribution < -0.4 is 0 Å². The predicted octanol–water partition coefficient (Wildman–Crippen LogP) is 2.50. The standard InChI is InChI=1S/C13H24O2/c1-3-7-12(14)10(2)13(15)11-8-5-4-6-9-11/h3,10-15H,1,4-9H2,2H3/t10-,12-,13?/m0/s1. The van der Waals surface area contributed by atoms with E-state index in [-0.39, 0.29) is 12.0 Å². The maximum Gasteiger partial charge on any atom is 0.0624 e. The summed E-state index contributed by atoms with van der Waals surface area (Å²) in [5.74, 6) is 0.360. The molecule has 0 aromatic carbocycles. The molecule has 0 aromatic rings. The molecule has 1 unspecified atom stereocenters. The van der Waals surface area contributed by atoms with Crippen LogP contribution in [-0.2, 0) is 0 Å². The number of hydrogen-bond donors (Lipinski definition) is 2. The Kier molecular flexibility index (Phi) is 5.34. The zero-order valence-electron chi connectivity index (χ0n) is 9.73. The average molecular weight is 212 g/mol. The van der Waals surface area contributed by atoms with Gasteiger partial charge in [-0.1, -0.05) is 32.3 Å². The summed E-state index contributed by atoms with van der Waals surface area (Å²) in [7, 11) is 0. The zero-order valence-corrected chi connectivity index (χ0v) is 9.73. The van der Waals surface area contributed by atoms with E-state index < -0.39 is 6.10 Å². The van der Waals surface area contributed by atoms with E-state index in [1.807, 2.05) is 6.92 Å². The van der Waals surface area contributed by atoms with Gasteiger partial charge in [0.2, 0.25) is 0 Å². The second kappa shape index (κ2) is 6.29. The summed E-state index contributed by atoms with van der Waals surface area (Å²) in [6, 6.07) is 0. The van der Waals surface area contributed by atoms with Gasteiger partial charge in [-0.15, -0.1) is 6.58 Å². The van der Waals surface area contributed by atoms with Crippen LogP contribution in [0.2, 0.25) is 0 Å². The average Bonchev–Trinajstić information content (AvgIpc) is 2.28. The molecule has 1 aliphatic rings. The number of hydrogen-bond acceptors (Lipinski definition) is 2. The molecule has 2 nitrogen and oxygen atoms in total.